The van der Waals surface area contributed by atoms with E-state index in [-0.39, 0.29) is 25.9 Å². The molecule has 0 radical (unpaired) electrons. The van der Waals surface area contributed by atoms with Gasteiger partial charge in [0.05, 0.1) is 0 Å². The van der Waals surface area contributed by atoms with Crippen LogP contribution in [0.5, 0.6) is 0 Å². The monoisotopic (exact) mass is 642 g/mol. The van der Waals surface area contributed by atoms with Gasteiger partial charge in [-0.1, -0.05) is 133 Å². The Morgan fingerprint density at radius 3 is 1.45 bits per heavy atom. The molecule has 6 aliphatic rings. The lowest BCUT2D eigenvalue weighted by molar-refractivity contribution is 0.104. The smallest absolute Gasteiger partial charge is 0.252 e. The van der Waals surface area contributed by atoms with Gasteiger partial charge in [-0.25, -0.2) is 0 Å². The predicted molar refractivity (Wildman–Crippen MR) is 214 cm³/mol. The molecule has 6 heterocycles. The Morgan fingerprint density at radius 1 is 0.392 bits per heavy atom. The molecule has 0 atom stereocenters. The van der Waals surface area contributed by atoms with Crippen LogP contribution in [0.1, 0.15) is 27.0 Å². The van der Waals surface area contributed by atoms with Gasteiger partial charge in [-0.15, -0.1) is 0 Å². The molecule has 0 aromatic heterocycles. The molecule has 0 unspecified atom stereocenters. The zero-order valence-electron chi connectivity index (χ0n) is 27.5. The van der Waals surface area contributed by atoms with Gasteiger partial charge in [0, 0.05) is 45.3 Å². The first kappa shape index (κ1) is 26.6. The maximum Gasteiger partial charge on any atom is 0.252 e. The summed E-state index contributed by atoms with van der Waals surface area (Å²) in [6.07, 6.45) is 0. The summed E-state index contributed by atoms with van der Waals surface area (Å²) in [4.78, 5) is 19.3. The second-order valence-corrected chi connectivity index (χ2v) is 14.7. The number of hydrogen-bond acceptors (Lipinski definition) is 3. The SMILES string of the molecule is C=C1c2ccccc2B2c3cc4c5c6c3N(c3ccccc3B6c3ccccc3N5c3cccc5c3B4c3ccccc3C5=O)c3cccc1c32. The predicted octanol–water partition coefficient (Wildman–Crippen LogP) is 3.35. The number of ketones is 1. The molecule has 0 fully saturated rings. The van der Waals surface area contributed by atoms with Crippen LogP contribution in [-0.4, -0.2) is 25.9 Å². The van der Waals surface area contributed by atoms with Crippen LogP contribution < -0.4 is 59.0 Å². The lowest BCUT2D eigenvalue weighted by Crippen LogP contribution is -2.72. The number of benzene rings is 7. The molecule has 51 heavy (non-hydrogen) atoms. The Bertz CT molecular complexity index is 2670. The summed E-state index contributed by atoms with van der Waals surface area (Å²) in [6.45, 7) is 4.71. The van der Waals surface area contributed by atoms with Gasteiger partial charge in [0.2, 0.25) is 13.4 Å². The molecule has 0 saturated carbocycles. The van der Waals surface area contributed by atoms with Crippen LogP contribution in [-0.2, 0) is 0 Å². The van der Waals surface area contributed by atoms with Gasteiger partial charge in [-0.2, -0.15) is 0 Å². The molecule has 0 amide bonds. The van der Waals surface area contributed by atoms with Gasteiger partial charge in [0.15, 0.2) is 5.78 Å². The fraction of sp³-hybridized carbons (Fsp3) is 0. The molecule has 13 rings (SSSR count). The molecule has 7 aromatic carbocycles. The van der Waals surface area contributed by atoms with Crippen molar-refractivity contribution in [2.75, 3.05) is 9.80 Å². The molecule has 230 valence electrons. The van der Waals surface area contributed by atoms with Crippen molar-refractivity contribution in [3.8, 4) is 0 Å². The van der Waals surface area contributed by atoms with Crippen LogP contribution >= 0.6 is 0 Å². The second kappa shape index (κ2) is 8.90. The molecule has 0 spiro atoms. The summed E-state index contributed by atoms with van der Waals surface area (Å²) < 4.78 is 0. The maximum absolute atomic E-state index is 14.3. The summed E-state index contributed by atoms with van der Waals surface area (Å²) in [5.41, 5.74) is 24.0. The van der Waals surface area contributed by atoms with Gasteiger partial charge in [0.25, 0.3) is 6.71 Å². The molecule has 7 aromatic rings. The molecule has 0 N–H and O–H groups in total. The molecule has 6 heteroatoms. The summed E-state index contributed by atoms with van der Waals surface area (Å²) in [6, 6.07) is 50.9. The van der Waals surface area contributed by atoms with Crippen molar-refractivity contribution in [3.05, 3.63) is 168 Å². The van der Waals surface area contributed by atoms with Crippen LogP contribution in [0.25, 0.3) is 5.57 Å². The molecule has 0 aliphatic carbocycles. The van der Waals surface area contributed by atoms with Gasteiger partial charge in [-0.3, -0.25) is 4.79 Å². The average Bonchev–Trinajstić information content (AvgIpc) is 3.19. The van der Waals surface area contributed by atoms with Crippen molar-refractivity contribution in [3.63, 3.8) is 0 Å². The Hall–Kier alpha value is -6.26. The fourth-order valence-corrected chi connectivity index (χ4v) is 10.8. The fourth-order valence-electron chi connectivity index (χ4n) is 10.8. The van der Waals surface area contributed by atoms with E-state index in [1.165, 1.54) is 77.8 Å². The lowest BCUT2D eigenvalue weighted by atomic mass is 9.25. The van der Waals surface area contributed by atoms with Crippen molar-refractivity contribution in [1.82, 2.24) is 0 Å². The van der Waals surface area contributed by atoms with E-state index in [2.05, 4.69) is 138 Å². The highest BCUT2D eigenvalue weighted by Crippen LogP contribution is 2.46. The minimum atomic E-state index is -0.0696. The first-order valence-corrected chi connectivity index (χ1v) is 17.9. The maximum atomic E-state index is 14.3. The third-order valence-electron chi connectivity index (χ3n) is 12.6. The highest BCUT2D eigenvalue weighted by molar-refractivity contribution is 7.07. The highest BCUT2D eigenvalue weighted by atomic mass is 16.1. The third kappa shape index (κ3) is 2.91. The zero-order valence-corrected chi connectivity index (χ0v) is 27.5. The average molecular weight is 642 g/mol. The van der Waals surface area contributed by atoms with Crippen LogP contribution in [0.15, 0.2) is 146 Å². The van der Waals surface area contributed by atoms with Gasteiger partial charge >= 0.3 is 0 Å². The van der Waals surface area contributed by atoms with Crippen LogP contribution in [0.3, 0.4) is 0 Å². The number of anilines is 6. The lowest BCUT2D eigenvalue weighted by Gasteiger charge is -2.52. The Balaban J connectivity index is 1.25. The number of para-hydroxylation sites is 2. The van der Waals surface area contributed by atoms with E-state index in [1.807, 2.05) is 18.2 Å². The standard InChI is InChI=1S/C45H25B3N2O/c1-25-26-12-2-4-16-30(26)46-34-24-35-44-42-43(34)49(38-22-10-14-27(25)40(38)46)36-20-8-6-18-32(36)48(42)33-19-7-9-21-37(33)50(44)39-23-11-15-29-41(39)47(35)31-17-5-3-13-28(31)45(29)51/h2-24H,1H2. The quantitative estimate of drug-likeness (QED) is 0.238. The van der Waals surface area contributed by atoms with Crippen LogP contribution in [0, 0.1) is 0 Å². The summed E-state index contributed by atoms with van der Waals surface area (Å²) in [5, 5.41) is 0. The largest absolute Gasteiger partial charge is 0.312 e. The minimum Gasteiger partial charge on any atom is -0.312 e. The summed E-state index contributed by atoms with van der Waals surface area (Å²) in [7, 11) is 0. The van der Waals surface area contributed by atoms with Crippen molar-refractivity contribution in [1.29, 1.82) is 0 Å². The van der Waals surface area contributed by atoms with E-state index in [4.69, 9.17) is 0 Å². The van der Waals surface area contributed by atoms with E-state index < -0.39 is 0 Å². The van der Waals surface area contributed by atoms with E-state index in [1.54, 1.807) is 0 Å². The van der Waals surface area contributed by atoms with Gasteiger partial charge in [-0.05, 0) is 79.2 Å². The number of hydrogen-bond donors (Lipinski definition) is 0. The van der Waals surface area contributed by atoms with E-state index in [0.717, 1.165) is 33.3 Å². The normalized spacial score (nSPS) is 15.3. The number of fused-ring (bicyclic) bond motifs is 14. The van der Waals surface area contributed by atoms with Crippen LogP contribution in [0.2, 0.25) is 0 Å². The first-order valence-electron chi connectivity index (χ1n) is 17.9. The Labute approximate surface area is 296 Å². The molecule has 0 saturated heterocycles. The van der Waals surface area contributed by atoms with Crippen molar-refractivity contribution < 1.29 is 4.79 Å². The first-order chi connectivity index (χ1) is 25.2. The third-order valence-corrected chi connectivity index (χ3v) is 12.6. The Kier molecular flexibility index (Phi) is 4.64. The van der Waals surface area contributed by atoms with Crippen molar-refractivity contribution in [2.24, 2.45) is 0 Å². The van der Waals surface area contributed by atoms with Crippen LogP contribution in [0.4, 0.5) is 34.1 Å². The highest BCUT2D eigenvalue weighted by Gasteiger charge is 2.54. The van der Waals surface area contributed by atoms with Crippen molar-refractivity contribution >= 4 is 115 Å². The summed E-state index contributed by atoms with van der Waals surface area (Å²) >= 11 is 0. The number of nitrogens with zero attached hydrogens (tertiary/aromatic N) is 2. The van der Waals surface area contributed by atoms with E-state index in [9.17, 15) is 4.79 Å². The van der Waals surface area contributed by atoms with Crippen molar-refractivity contribution in [2.45, 2.75) is 0 Å². The Morgan fingerprint density at radius 2 is 0.824 bits per heavy atom. The molecule has 3 nitrogen and oxygen atoms in total. The topological polar surface area (TPSA) is 23.6 Å². The molecular weight excluding hydrogens is 617 g/mol. The zero-order chi connectivity index (χ0) is 33.3. The second-order valence-electron chi connectivity index (χ2n) is 14.7. The number of carbonyl (C=O) groups is 1. The number of carbonyl (C=O) groups excluding carboxylic acids is 1. The van der Waals surface area contributed by atoms with Gasteiger partial charge < -0.3 is 9.80 Å². The molecule has 0 bridgehead atoms. The molecule has 6 aliphatic heterocycles. The summed E-state index contributed by atoms with van der Waals surface area (Å²) in [5.74, 6) is 0.114. The van der Waals surface area contributed by atoms with E-state index >= 15 is 0 Å². The molecular formula is C45H25B3N2O. The minimum absolute atomic E-state index is 0.0411. The van der Waals surface area contributed by atoms with E-state index in [0.29, 0.717) is 0 Å². The van der Waals surface area contributed by atoms with Gasteiger partial charge in [0.1, 0.15) is 0 Å². The number of rotatable bonds is 0.